The maximum Gasteiger partial charge on any atom is 0.356 e. The molecular weight excluding hydrogens is 252 g/mol. The van der Waals surface area contributed by atoms with Gasteiger partial charge in [-0.25, -0.2) is 9.78 Å². The summed E-state index contributed by atoms with van der Waals surface area (Å²) in [4.78, 5) is 15.8. The minimum absolute atomic E-state index is 0.0360. The summed E-state index contributed by atoms with van der Waals surface area (Å²) in [5.41, 5.74) is 0.769. The topological polar surface area (TPSA) is 71.5 Å². The number of anilines is 1. The van der Waals surface area contributed by atoms with Gasteiger partial charge in [0.05, 0.1) is 12.0 Å². The van der Waals surface area contributed by atoms with Gasteiger partial charge in [0.2, 0.25) is 0 Å². The summed E-state index contributed by atoms with van der Waals surface area (Å²) in [6.45, 7) is 0. The highest BCUT2D eigenvalue weighted by molar-refractivity contribution is 7.19. The molecule has 6 heteroatoms. The second kappa shape index (κ2) is 5.05. The van der Waals surface area contributed by atoms with Crippen molar-refractivity contribution in [1.29, 1.82) is 0 Å². The molecule has 94 valence electrons. The minimum Gasteiger partial charge on any atom is -0.496 e. The van der Waals surface area contributed by atoms with Gasteiger partial charge in [-0.3, -0.25) is 0 Å². The van der Waals surface area contributed by atoms with E-state index in [-0.39, 0.29) is 5.69 Å². The van der Waals surface area contributed by atoms with Crippen LogP contribution < -0.4 is 10.1 Å². The predicted molar refractivity (Wildman–Crippen MR) is 70.6 cm³/mol. The van der Waals surface area contributed by atoms with Gasteiger partial charge in [-0.1, -0.05) is 23.5 Å². The lowest BCUT2D eigenvalue weighted by Gasteiger charge is -2.06. The zero-order valence-corrected chi connectivity index (χ0v) is 10.7. The van der Waals surface area contributed by atoms with Gasteiger partial charge in [0, 0.05) is 12.6 Å². The number of nitrogens with zero attached hydrogens (tertiary/aromatic N) is 1. The smallest absolute Gasteiger partial charge is 0.356 e. The molecular formula is C12H12N2O3S. The summed E-state index contributed by atoms with van der Waals surface area (Å²) in [5, 5.41) is 12.6. The van der Waals surface area contributed by atoms with Gasteiger partial charge in [-0.15, -0.1) is 0 Å². The van der Waals surface area contributed by atoms with E-state index in [1.165, 1.54) is 11.3 Å². The van der Waals surface area contributed by atoms with Crippen LogP contribution in [0.5, 0.6) is 5.75 Å². The molecule has 0 aliphatic heterocycles. The number of benzene rings is 1. The number of thiazole rings is 1. The Hall–Kier alpha value is -2.08. The number of hydrogen-bond donors (Lipinski definition) is 2. The fourth-order valence-corrected chi connectivity index (χ4v) is 2.53. The zero-order chi connectivity index (χ0) is 13.1. The molecule has 18 heavy (non-hydrogen) atoms. The van der Waals surface area contributed by atoms with Gasteiger partial charge in [0.1, 0.15) is 5.75 Å². The molecule has 0 saturated heterocycles. The average molecular weight is 264 g/mol. The van der Waals surface area contributed by atoms with Crippen LogP contribution >= 0.6 is 11.3 Å². The summed E-state index contributed by atoms with van der Waals surface area (Å²) in [6.07, 6.45) is 0. The summed E-state index contributed by atoms with van der Waals surface area (Å²) >= 11 is 1.29. The lowest BCUT2D eigenvalue weighted by Crippen LogP contribution is -2.00. The van der Waals surface area contributed by atoms with E-state index < -0.39 is 5.97 Å². The number of hydrogen-bond acceptors (Lipinski definition) is 5. The maximum absolute atomic E-state index is 11.2. The lowest BCUT2D eigenvalue weighted by atomic mass is 10.1. The van der Waals surface area contributed by atoms with Crippen molar-refractivity contribution in [1.82, 2.24) is 4.98 Å². The SMILES string of the molecule is CNc1nc(C(=O)O)c(-c2ccccc2OC)s1. The van der Waals surface area contributed by atoms with Crippen molar-refractivity contribution in [2.45, 2.75) is 0 Å². The van der Waals surface area contributed by atoms with Crippen LogP contribution in [0.15, 0.2) is 24.3 Å². The molecule has 0 atom stereocenters. The van der Waals surface area contributed by atoms with Gasteiger partial charge in [-0.2, -0.15) is 0 Å². The standard InChI is InChI=1S/C12H12N2O3S/c1-13-12-14-9(11(15)16)10(18-12)7-5-3-4-6-8(7)17-2/h3-6H,1-2H3,(H,13,14)(H,15,16). The molecule has 0 radical (unpaired) electrons. The first-order valence-corrected chi connectivity index (χ1v) is 6.04. The third-order valence-corrected chi connectivity index (χ3v) is 3.50. The van der Waals surface area contributed by atoms with E-state index >= 15 is 0 Å². The first-order chi connectivity index (χ1) is 8.67. The Kier molecular flexibility index (Phi) is 3.47. The Balaban J connectivity index is 2.62. The monoisotopic (exact) mass is 264 g/mol. The van der Waals surface area contributed by atoms with Crippen LogP contribution in [-0.2, 0) is 0 Å². The van der Waals surface area contributed by atoms with E-state index in [0.29, 0.717) is 15.8 Å². The van der Waals surface area contributed by atoms with E-state index in [1.807, 2.05) is 18.2 Å². The minimum atomic E-state index is -1.05. The van der Waals surface area contributed by atoms with Crippen LogP contribution in [0.3, 0.4) is 0 Å². The number of rotatable bonds is 4. The molecule has 0 amide bonds. The van der Waals surface area contributed by atoms with Gasteiger partial charge >= 0.3 is 5.97 Å². The highest BCUT2D eigenvalue weighted by Gasteiger charge is 2.20. The first-order valence-electron chi connectivity index (χ1n) is 5.22. The second-order valence-electron chi connectivity index (χ2n) is 3.45. The Bertz CT molecular complexity index is 580. The van der Waals surface area contributed by atoms with Gasteiger partial charge in [0.15, 0.2) is 10.8 Å². The molecule has 1 heterocycles. The summed E-state index contributed by atoms with van der Waals surface area (Å²) in [7, 11) is 3.26. The van der Waals surface area contributed by atoms with Crippen molar-refractivity contribution in [2.75, 3.05) is 19.5 Å². The lowest BCUT2D eigenvalue weighted by molar-refractivity contribution is 0.0692. The highest BCUT2D eigenvalue weighted by atomic mass is 32.1. The van der Waals surface area contributed by atoms with Gasteiger partial charge in [-0.05, 0) is 12.1 Å². The molecule has 0 aliphatic carbocycles. The largest absolute Gasteiger partial charge is 0.496 e. The number of methoxy groups -OCH3 is 1. The maximum atomic E-state index is 11.2. The van der Waals surface area contributed by atoms with Gasteiger partial charge in [0.25, 0.3) is 0 Å². The Morgan fingerprint density at radius 3 is 2.78 bits per heavy atom. The number of carboxylic acid groups (broad SMARTS) is 1. The molecule has 5 nitrogen and oxygen atoms in total. The Morgan fingerprint density at radius 1 is 1.44 bits per heavy atom. The van der Waals surface area contributed by atoms with Crippen molar-refractivity contribution >= 4 is 22.4 Å². The number of para-hydroxylation sites is 1. The molecule has 0 saturated carbocycles. The number of aromatic carboxylic acids is 1. The van der Waals surface area contributed by atoms with E-state index in [9.17, 15) is 9.90 Å². The molecule has 0 unspecified atom stereocenters. The molecule has 0 spiro atoms. The van der Waals surface area contributed by atoms with Crippen LogP contribution in [0.25, 0.3) is 10.4 Å². The Labute approximate surface area is 108 Å². The fraction of sp³-hybridized carbons (Fsp3) is 0.167. The third kappa shape index (κ3) is 2.14. The molecule has 0 fully saturated rings. The molecule has 0 aliphatic rings. The van der Waals surface area contributed by atoms with E-state index in [4.69, 9.17) is 4.74 Å². The zero-order valence-electron chi connectivity index (χ0n) is 9.93. The number of ether oxygens (including phenoxy) is 1. The molecule has 1 aromatic heterocycles. The number of carbonyl (C=O) groups is 1. The van der Waals surface area contributed by atoms with Crippen LogP contribution in [0, 0.1) is 0 Å². The Morgan fingerprint density at radius 2 is 2.17 bits per heavy atom. The highest BCUT2D eigenvalue weighted by Crippen LogP contribution is 2.38. The average Bonchev–Trinajstić information content (AvgIpc) is 2.83. The number of nitrogens with one attached hydrogen (secondary N) is 1. The van der Waals surface area contributed by atoms with Crippen molar-refractivity contribution in [2.24, 2.45) is 0 Å². The second-order valence-corrected chi connectivity index (χ2v) is 4.45. The molecule has 1 aromatic carbocycles. The first kappa shape index (κ1) is 12.4. The van der Waals surface area contributed by atoms with E-state index in [0.717, 1.165) is 5.56 Å². The molecule has 2 N–H and O–H groups in total. The third-order valence-electron chi connectivity index (χ3n) is 2.40. The normalized spacial score (nSPS) is 10.1. The number of aromatic nitrogens is 1. The summed E-state index contributed by atoms with van der Waals surface area (Å²) < 4.78 is 5.24. The van der Waals surface area contributed by atoms with Crippen molar-refractivity contribution < 1.29 is 14.6 Å². The van der Waals surface area contributed by atoms with Crippen molar-refractivity contribution in [3.05, 3.63) is 30.0 Å². The molecule has 0 bridgehead atoms. The summed E-state index contributed by atoms with van der Waals surface area (Å²) in [5.74, 6) is -0.417. The quantitative estimate of drug-likeness (QED) is 0.888. The van der Waals surface area contributed by atoms with Crippen molar-refractivity contribution in [3.8, 4) is 16.2 Å². The molecule has 2 rings (SSSR count). The summed E-state index contributed by atoms with van der Waals surface area (Å²) in [6, 6.07) is 7.28. The van der Waals surface area contributed by atoms with E-state index in [1.54, 1.807) is 20.2 Å². The predicted octanol–water partition coefficient (Wildman–Crippen LogP) is 2.56. The van der Waals surface area contributed by atoms with Crippen LogP contribution in [0.1, 0.15) is 10.5 Å². The van der Waals surface area contributed by atoms with Crippen LogP contribution in [0.4, 0.5) is 5.13 Å². The fourth-order valence-electron chi connectivity index (χ4n) is 1.59. The van der Waals surface area contributed by atoms with Crippen LogP contribution in [0.2, 0.25) is 0 Å². The van der Waals surface area contributed by atoms with Gasteiger partial charge < -0.3 is 15.2 Å². The van der Waals surface area contributed by atoms with Crippen molar-refractivity contribution in [3.63, 3.8) is 0 Å². The molecule has 2 aromatic rings. The van der Waals surface area contributed by atoms with Crippen LogP contribution in [-0.4, -0.2) is 30.2 Å². The number of carboxylic acids is 1. The van der Waals surface area contributed by atoms with E-state index in [2.05, 4.69) is 10.3 Å².